The Morgan fingerprint density at radius 1 is 0.341 bits per heavy atom. The van der Waals surface area contributed by atoms with Gasteiger partial charge in [-0.25, -0.2) is 0 Å². The van der Waals surface area contributed by atoms with Crippen molar-refractivity contribution in [1.29, 1.82) is 0 Å². The van der Waals surface area contributed by atoms with Crippen molar-refractivity contribution in [2.75, 3.05) is 0 Å². The molecule has 0 saturated heterocycles. The predicted molar refractivity (Wildman–Crippen MR) is 198 cm³/mol. The van der Waals surface area contributed by atoms with Gasteiger partial charge in [0.05, 0.1) is 0 Å². The average molecular weight is 670 g/mol. The van der Waals surface area contributed by atoms with Crippen LogP contribution in [-0.4, -0.2) is 0 Å². The van der Waals surface area contributed by atoms with Crippen LogP contribution in [0.15, 0.2) is 164 Å². The van der Waals surface area contributed by atoms with Gasteiger partial charge in [0.2, 0.25) is 0 Å². The van der Waals surface area contributed by atoms with Crippen molar-refractivity contribution < 1.29 is 0 Å². The van der Waals surface area contributed by atoms with Crippen LogP contribution in [0.25, 0.3) is 0 Å². The minimum atomic E-state index is -0.748. The zero-order valence-electron chi connectivity index (χ0n) is 24.2. The van der Waals surface area contributed by atoms with Crippen LogP contribution < -0.4 is 15.9 Å². The van der Waals surface area contributed by atoms with Gasteiger partial charge in [0.25, 0.3) is 0 Å². The van der Waals surface area contributed by atoms with Crippen molar-refractivity contribution >= 4 is 66.6 Å². The molecule has 6 aromatic carbocycles. The summed E-state index contributed by atoms with van der Waals surface area (Å²) in [6.07, 6.45) is 3.58. The highest BCUT2D eigenvalue weighted by molar-refractivity contribution is 7.79. The van der Waals surface area contributed by atoms with E-state index in [1.54, 1.807) is 0 Å². The Morgan fingerprint density at radius 3 is 0.909 bits per heavy atom. The highest BCUT2D eigenvalue weighted by Crippen LogP contribution is 2.46. The summed E-state index contributed by atoms with van der Waals surface area (Å²) in [4.78, 5) is 0. The van der Waals surface area contributed by atoms with Crippen LogP contribution in [0.4, 0.5) is 0 Å². The largest absolute Gasteiger partial charge is 0.0932 e. The summed E-state index contributed by atoms with van der Waals surface area (Å²) in [6.45, 7) is 0. The van der Waals surface area contributed by atoms with Crippen LogP contribution in [0.2, 0.25) is 15.1 Å². The van der Waals surface area contributed by atoms with E-state index in [1.165, 1.54) is 51.1 Å². The zero-order chi connectivity index (χ0) is 30.6. The average Bonchev–Trinajstić information content (AvgIpc) is 3.03. The van der Waals surface area contributed by atoms with Gasteiger partial charge in [0, 0.05) is 15.1 Å². The van der Waals surface area contributed by atoms with E-state index in [9.17, 15) is 0 Å². The minimum absolute atomic E-state index is 0.0895. The smallest absolute Gasteiger partial charge is 0.0412 e. The quantitative estimate of drug-likeness (QED) is 0.134. The van der Waals surface area contributed by atoms with Crippen LogP contribution >= 0.6 is 50.6 Å². The van der Waals surface area contributed by atoms with Gasteiger partial charge in [-0.2, -0.15) is 0 Å². The van der Waals surface area contributed by atoms with Gasteiger partial charge in [-0.3, -0.25) is 0 Å². The van der Waals surface area contributed by atoms with E-state index >= 15 is 0 Å². The van der Waals surface area contributed by atoms with Crippen LogP contribution in [0.1, 0.15) is 16.7 Å². The van der Waals surface area contributed by atoms with Crippen molar-refractivity contribution in [3.63, 3.8) is 0 Å². The molecule has 6 rings (SSSR count). The van der Waals surface area contributed by atoms with Gasteiger partial charge < -0.3 is 0 Å². The SMILES string of the molecule is Clc1cccc(P(c2cccc(Cl)c2)c2cccc(Cl)c2)c1.c1ccc(CP(Cc2ccccc2)Cc2ccccc2)cc1. The van der Waals surface area contributed by atoms with Crippen molar-refractivity contribution in [2.24, 2.45) is 0 Å². The number of benzene rings is 6. The molecule has 220 valence electrons. The lowest BCUT2D eigenvalue weighted by Gasteiger charge is -2.20. The molecule has 0 atom stereocenters. The van der Waals surface area contributed by atoms with Gasteiger partial charge in [0.1, 0.15) is 0 Å². The third kappa shape index (κ3) is 10.0. The third-order valence-corrected chi connectivity index (χ3v) is 12.5. The molecule has 0 radical (unpaired) electrons. The molecule has 0 aliphatic rings. The Balaban J connectivity index is 0.000000175. The lowest BCUT2D eigenvalue weighted by molar-refractivity contribution is 1.26. The molecule has 5 heteroatoms. The Labute approximate surface area is 279 Å². The van der Waals surface area contributed by atoms with E-state index in [1.807, 2.05) is 54.6 Å². The maximum absolute atomic E-state index is 6.18. The number of hydrogen-bond donors (Lipinski definition) is 0. The lowest BCUT2D eigenvalue weighted by atomic mass is 10.2. The Kier molecular flexibility index (Phi) is 12.5. The van der Waals surface area contributed by atoms with Crippen LogP contribution in [0.5, 0.6) is 0 Å². The summed E-state index contributed by atoms with van der Waals surface area (Å²) in [5, 5.41) is 5.71. The molecular weight excluding hydrogens is 637 g/mol. The van der Waals surface area contributed by atoms with Crippen molar-refractivity contribution in [2.45, 2.75) is 18.5 Å². The van der Waals surface area contributed by atoms with E-state index in [0.29, 0.717) is 0 Å². The second-order valence-corrected chi connectivity index (χ2v) is 16.2. The van der Waals surface area contributed by atoms with Crippen LogP contribution in [0, 0.1) is 0 Å². The second-order valence-electron chi connectivity index (χ2n) is 10.4. The first kappa shape index (κ1) is 32.4. The normalized spacial score (nSPS) is 10.8. The highest BCUT2D eigenvalue weighted by Gasteiger charge is 2.17. The van der Waals surface area contributed by atoms with Gasteiger partial charge in [-0.1, -0.05) is 170 Å². The van der Waals surface area contributed by atoms with Crippen molar-refractivity contribution in [3.8, 4) is 0 Å². The monoisotopic (exact) mass is 668 g/mol. The van der Waals surface area contributed by atoms with Gasteiger partial charge >= 0.3 is 0 Å². The first-order chi connectivity index (χ1) is 21.5. The molecule has 0 bridgehead atoms. The fourth-order valence-electron chi connectivity index (χ4n) is 4.99. The van der Waals surface area contributed by atoms with E-state index in [-0.39, 0.29) is 7.92 Å². The molecule has 44 heavy (non-hydrogen) atoms. The fourth-order valence-corrected chi connectivity index (χ4v) is 10.7. The molecule has 6 aromatic rings. The van der Waals surface area contributed by atoms with E-state index in [0.717, 1.165) is 15.1 Å². The van der Waals surface area contributed by atoms with Gasteiger partial charge in [-0.05, 0) is 95.4 Å². The van der Waals surface area contributed by atoms with E-state index < -0.39 is 7.92 Å². The third-order valence-electron chi connectivity index (χ3n) is 6.95. The van der Waals surface area contributed by atoms with E-state index in [4.69, 9.17) is 34.8 Å². The summed E-state index contributed by atoms with van der Waals surface area (Å²) in [5.41, 5.74) is 4.38. The molecule has 0 saturated carbocycles. The first-order valence-electron chi connectivity index (χ1n) is 14.4. The van der Waals surface area contributed by atoms with Crippen LogP contribution in [-0.2, 0) is 18.5 Å². The summed E-state index contributed by atoms with van der Waals surface area (Å²) < 4.78 is 0. The first-order valence-corrected chi connectivity index (χ1v) is 18.8. The molecule has 0 amide bonds. The minimum Gasteiger partial charge on any atom is -0.0932 e. The van der Waals surface area contributed by atoms with Crippen molar-refractivity contribution in [3.05, 3.63) is 196 Å². The number of hydrogen-bond acceptors (Lipinski definition) is 0. The predicted octanol–water partition coefficient (Wildman–Crippen LogP) is 11.5. The van der Waals surface area contributed by atoms with Gasteiger partial charge in [0.15, 0.2) is 0 Å². The zero-order valence-corrected chi connectivity index (χ0v) is 28.3. The van der Waals surface area contributed by atoms with Crippen LogP contribution in [0.3, 0.4) is 0 Å². The number of rotatable bonds is 9. The summed E-state index contributed by atoms with van der Waals surface area (Å²) in [6, 6.07) is 56.6. The molecule has 0 fully saturated rings. The lowest BCUT2D eigenvalue weighted by Crippen LogP contribution is -2.20. The topological polar surface area (TPSA) is 0 Å². The molecular formula is C39H33Cl3P2. The molecule has 0 heterocycles. The fraction of sp³-hybridized carbons (Fsp3) is 0.0769. The molecule has 0 aromatic heterocycles. The van der Waals surface area contributed by atoms with E-state index in [2.05, 4.69) is 109 Å². The molecule has 0 nitrogen and oxygen atoms in total. The summed E-state index contributed by atoms with van der Waals surface area (Å²) in [7, 11) is -0.837. The maximum atomic E-state index is 6.18. The highest BCUT2D eigenvalue weighted by atomic mass is 35.5. The molecule has 0 unspecified atom stereocenters. The van der Waals surface area contributed by atoms with Crippen molar-refractivity contribution in [1.82, 2.24) is 0 Å². The molecule has 0 aliphatic heterocycles. The molecule has 0 spiro atoms. The molecule has 0 aliphatic carbocycles. The van der Waals surface area contributed by atoms with Gasteiger partial charge in [-0.15, -0.1) is 0 Å². The Morgan fingerprint density at radius 2 is 0.636 bits per heavy atom. The Bertz CT molecular complexity index is 1520. The summed E-state index contributed by atoms with van der Waals surface area (Å²) >= 11 is 18.6. The Hall–Kier alpha value is -2.95. The summed E-state index contributed by atoms with van der Waals surface area (Å²) in [5.74, 6) is 0. The molecule has 0 N–H and O–H groups in total. The second kappa shape index (κ2) is 16.9. The maximum Gasteiger partial charge on any atom is 0.0412 e. The standard InChI is InChI=1S/C21H21P.C18H12Cl3P/c1-4-10-19(11-5-1)16-22(17-20-12-6-2-7-13-20)18-21-14-8-3-9-15-21;19-13-4-1-7-16(10-13)22(17-8-2-5-14(20)11-17)18-9-3-6-15(21)12-18/h1-15H,16-18H2;1-12H. The number of halogens is 3.